The van der Waals surface area contributed by atoms with Crippen LogP contribution in [-0.4, -0.2) is 34.7 Å². The number of hydrogen-bond acceptors (Lipinski definition) is 3. The van der Waals surface area contributed by atoms with Gasteiger partial charge in [-0.1, -0.05) is 48.5 Å². The van der Waals surface area contributed by atoms with E-state index >= 15 is 0 Å². The van der Waals surface area contributed by atoms with E-state index in [1.54, 1.807) is 29.9 Å². The van der Waals surface area contributed by atoms with Gasteiger partial charge in [-0.3, -0.25) is 9.48 Å². The van der Waals surface area contributed by atoms with E-state index in [0.29, 0.717) is 12.1 Å². The minimum Gasteiger partial charge on any atom is -0.496 e. The Morgan fingerprint density at radius 2 is 1.85 bits per heavy atom. The molecule has 0 fully saturated rings. The average molecular weight is 361 g/mol. The maximum absolute atomic E-state index is 13.2. The smallest absolute Gasteiger partial charge is 0.254 e. The van der Waals surface area contributed by atoms with Gasteiger partial charge in [0.2, 0.25) is 0 Å². The molecule has 0 spiro atoms. The van der Waals surface area contributed by atoms with E-state index in [-0.39, 0.29) is 5.91 Å². The molecule has 0 aliphatic carbocycles. The van der Waals surface area contributed by atoms with E-state index in [4.69, 9.17) is 4.74 Å². The Morgan fingerprint density at radius 1 is 1.15 bits per heavy atom. The molecule has 1 aromatic heterocycles. The van der Waals surface area contributed by atoms with Gasteiger partial charge < -0.3 is 9.64 Å². The van der Waals surface area contributed by atoms with E-state index in [1.807, 2.05) is 73.9 Å². The number of carbonyl (C=O) groups excluding carboxylic acids is 1. The average Bonchev–Trinajstić information content (AvgIpc) is 3.11. The second kappa shape index (κ2) is 8.36. The number of likely N-dealkylation sites (N-methyl/N-ethyl adjacent to an activating group) is 1. The topological polar surface area (TPSA) is 47.4 Å². The van der Waals surface area contributed by atoms with Crippen LogP contribution in [-0.2, 0) is 18.4 Å². The number of carbonyl (C=O) groups is 1. The zero-order valence-electron chi connectivity index (χ0n) is 15.8. The van der Waals surface area contributed by atoms with Gasteiger partial charge in [0.15, 0.2) is 0 Å². The Labute approximate surface area is 159 Å². The van der Waals surface area contributed by atoms with Crippen molar-refractivity contribution in [2.45, 2.75) is 6.54 Å². The highest BCUT2D eigenvalue weighted by atomic mass is 16.5. The van der Waals surface area contributed by atoms with Crippen molar-refractivity contribution in [3.05, 3.63) is 83.7 Å². The van der Waals surface area contributed by atoms with Crippen LogP contribution in [0.4, 0.5) is 0 Å². The summed E-state index contributed by atoms with van der Waals surface area (Å²) < 4.78 is 7.17. The van der Waals surface area contributed by atoms with E-state index in [9.17, 15) is 4.79 Å². The van der Waals surface area contributed by atoms with Crippen molar-refractivity contribution in [1.29, 1.82) is 0 Å². The summed E-state index contributed by atoms with van der Waals surface area (Å²) >= 11 is 0. The molecule has 5 heteroatoms. The molecule has 5 nitrogen and oxygen atoms in total. The van der Waals surface area contributed by atoms with Crippen LogP contribution in [0.3, 0.4) is 0 Å². The zero-order valence-corrected chi connectivity index (χ0v) is 15.8. The van der Waals surface area contributed by atoms with Crippen LogP contribution in [0, 0.1) is 0 Å². The summed E-state index contributed by atoms with van der Waals surface area (Å²) in [6.07, 6.45) is 5.57. The van der Waals surface area contributed by atoms with Crippen LogP contribution in [0.15, 0.2) is 67.0 Å². The summed E-state index contributed by atoms with van der Waals surface area (Å²) in [6, 6.07) is 17.4. The van der Waals surface area contributed by atoms with Crippen LogP contribution in [0.1, 0.15) is 16.7 Å². The Morgan fingerprint density at radius 3 is 2.52 bits per heavy atom. The van der Waals surface area contributed by atoms with Gasteiger partial charge in [-0.05, 0) is 17.7 Å². The fourth-order valence-corrected chi connectivity index (χ4v) is 2.93. The predicted molar refractivity (Wildman–Crippen MR) is 107 cm³/mol. The van der Waals surface area contributed by atoms with Gasteiger partial charge in [0.25, 0.3) is 5.91 Å². The quantitative estimate of drug-likeness (QED) is 0.498. The lowest BCUT2D eigenvalue weighted by atomic mass is 10.0. The summed E-state index contributed by atoms with van der Waals surface area (Å²) in [5.41, 5.74) is 3.33. The van der Waals surface area contributed by atoms with Gasteiger partial charge >= 0.3 is 0 Å². The maximum Gasteiger partial charge on any atom is 0.254 e. The van der Waals surface area contributed by atoms with Crippen molar-refractivity contribution in [3.8, 4) is 5.75 Å². The molecular formula is C22H23N3O2. The summed E-state index contributed by atoms with van der Waals surface area (Å²) in [5.74, 6) is 0.671. The summed E-state index contributed by atoms with van der Waals surface area (Å²) in [7, 11) is 5.29. The van der Waals surface area contributed by atoms with Crippen molar-refractivity contribution >= 4 is 17.6 Å². The number of para-hydroxylation sites is 1. The first-order chi connectivity index (χ1) is 13.1. The first-order valence-electron chi connectivity index (χ1n) is 8.71. The molecule has 0 saturated heterocycles. The normalized spacial score (nSPS) is 11.3. The molecule has 0 atom stereocenters. The van der Waals surface area contributed by atoms with Crippen molar-refractivity contribution in [2.75, 3.05) is 14.2 Å². The summed E-state index contributed by atoms with van der Waals surface area (Å²) in [5, 5.41) is 4.17. The highest BCUT2D eigenvalue weighted by Gasteiger charge is 2.18. The van der Waals surface area contributed by atoms with Crippen molar-refractivity contribution in [1.82, 2.24) is 14.7 Å². The van der Waals surface area contributed by atoms with E-state index in [0.717, 1.165) is 22.4 Å². The van der Waals surface area contributed by atoms with Gasteiger partial charge in [0.1, 0.15) is 5.75 Å². The van der Waals surface area contributed by atoms with Gasteiger partial charge in [-0.2, -0.15) is 5.10 Å². The monoisotopic (exact) mass is 361 g/mol. The van der Waals surface area contributed by atoms with Gasteiger partial charge in [-0.25, -0.2) is 0 Å². The van der Waals surface area contributed by atoms with Crippen LogP contribution >= 0.6 is 0 Å². The minimum atomic E-state index is -0.0593. The summed E-state index contributed by atoms with van der Waals surface area (Å²) in [4.78, 5) is 14.9. The number of amides is 1. The van der Waals surface area contributed by atoms with E-state index in [2.05, 4.69) is 5.10 Å². The Kier molecular flexibility index (Phi) is 5.71. The van der Waals surface area contributed by atoms with Crippen LogP contribution in [0.25, 0.3) is 11.6 Å². The number of rotatable bonds is 6. The molecule has 27 heavy (non-hydrogen) atoms. The van der Waals surface area contributed by atoms with E-state index < -0.39 is 0 Å². The summed E-state index contributed by atoms with van der Waals surface area (Å²) in [6.45, 7) is 0.489. The largest absolute Gasteiger partial charge is 0.496 e. The molecule has 0 radical (unpaired) electrons. The molecule has 1 amide bonds. The van der Waals surface area contributed by atoms with Crippen molar-refractivity contribution < 1.29 is 9.53 Å². The Hall–Kier alpha value is -3.34. The molecular weight excluding hydrogens is 338 g/mol. The molecule has 2 aromatic carbocycles. The lowest BCUT2D eigenvalue weighted by molar-refractivity contribution is -0.124. The Balaban J connectivity index is 1.97. The molecule has 3 rings (SSSR count). The highest BCUT2D eigenvalue weighted by molar-refractivity contribution is 6.24. The number of aromatic nitrogens is 2. The van der Waals surface area contributed by atoms with Crippen molar-refractivity contribution in [3.63, 3.8) is 0 Å². The number of ether oxygens (including phenoxy) is 1. The molecule has 0 aliphatic heterocycles. The van der Waals surface area contributed by atoms with Crippen LogP contribution in [0.5, 0.6) is 5.75 Å². The first kappa shape index (κ1) is 18.5. The standard InChI is InChI=1S/C22H23N3O2/c1-24(15-17-14-23-25(2)16-17)22(26)20(18-9-5-4-6-10-18)13-19-11-7-8-12-21(19)27-3/h4-14,16H,15H2,1-3H3/b20-13+. The fourth-order valence-electron chi connectivity index (χ4n) is 2.93. The second-order valence-corrected chi connectivity index (χ2v) is 6.35. The van der Waals surface area contributed by atoms with Crippen LogP contribution in [0.2, 0.25) is 0 Å². The van der Waals surface area contributed by atoms with Gasteiger partial charge in [0.05, 0.1) is 13.3 Å². The second-order valence-electron chi connectivity index (χ2n) is 6.35. The molecule has 0 aliphatic rings. The third-order valence-corrected chi connectivity index (χ3v) is 4.28. The van der Waals surface area contributed by atoms with Gasteiger partial charge in [-0.15, -0.1) is 0 Å². The molecule has 0 bridgehead atoms. The number of methoxy groups -OCH3 is 1. The zero-order chi connectivity index (χ0) is 19.2. The predicted octanol–water partition coefficient (Wildman–Crippen LogP) is 3.63. The minimum absolute atomic E-state index is 0.0593. The highest BCUT2D eigenvalue weighted by Crippen LogP contribution is 2.26. The SMILES string of the molecule is COc1ccccc1/C=C(/C(=O)N(C)Cc1cnn(C)c1)c1ccccc1. The van der Waals surface area contributed by atoms with Gasteiger partial charge in [0, 0.05) is 43.5 Å². The molecule has 3 aromatic rings. The third kappa shape index (κ3) is 4.44. The number of aryl methyl sites for hydroxylation is 1. The fraction of sp³-hybridized carbons (Fsp3) is 0.182. The molecule has 0 saturated carbocycles. The van der Waals surface area contributed by atoms with E-state index in [1.165, 1.54) is 0 Å². The lowest BCUT2D eigenvalue weighted by Crippen LogP contribution is -2.27. The third-order valence-electron chi connectivity index (χ3n) is 4.28. The first-order valence-corrected chi connectivity index (χ1v) is 8.71. The molecule has 0 unspecified atom stereocenters. The van der Waals surface area contributed by atoms with Crippen molar-refractivity contribution in [2.24, 2.45) is 7.05 Å². The lowest BCUT2D eigenvalue weighted by Gasteiger charge is -2.19. The van der Waals surface area contributed by atoms with Crippen LogP contribution < -0.4 is 4.74 Å². The number of nitrogens with zero attached hydrogens (tertiary/aromatic N) is 3. The maximum atomic E-state index is 13.2. The molecule has 0 N–H and O–H groups in total. The number of benzene rings is 2. The Bertz CT molecular complexity index is 945. The molecule has 1 heterocycles. The molecule has 138 valence electrons. The number of hydrogen-bond donors (Lipinski definition) is 0.